The molecule has 0 fully saturated rings. The van der Waals surface area contributed by atoms with Gasteiger partial charge in [-0.05, 0) is 31.0 Å². The quantitative estimate of drug-likeness (QED) is 0.644. The van der Waals surface area contributed by atoms with Crippen molar-refractivity contribution in [2.45, 2.75) is 52.1 Å². The van der Waals surface area contributed by atoms with Gasteiger partial charge in [0.05, 0.1) is 5.56 Å². The Morgan fingerprint density at radius 2 is 1.76 bits per heavy atom. The third-order valence-corrected chi connectivity index (χ3v) is 3.63. The number of carbonyl (C=O) groups excluding carboxylic acids is 2. The molecule has 1 aromatic carbocycles. The molecular formula is C18H25F3N2O2. The molecule has 2 N–H and O–H groups in total. The summed E-state index contributed by atoms with van der Waals surface area (Å²) in [5.74, 6) is -0.299. The molecule has 4 nitrogen and oxygen atoms in total. The number of unbranched alkanes of at least 4 members (excludes halogenated alkanes) is 3. The molecule has 0 heterocycles. The first-order valence-electron chi connectivity index (χ1n) is 8.45. The lowest BCUT2D eigenvalue weighted by Gasteiger charge is -2.10. The van der Waals surface area contributed by atoms with Crippen molar-refractivity contribution in [1.29, 1.82) is 0 Å². The van der Waals surface area contributed by atoms with Crippen LogP contribution in [0.15, 0.2) is 24.3 Å². The van der Waals surface area contributed by atoms with E-state index in [-0.39, 0.29) is 29.8 Å². The standard InChI is InChI=1S/C18H25F3N2O2/c1-13(2)17(25)22-11-6-4-3-5-10-16(24)23-15-9-7-8-14(12-15)18(19,20)21/h7-9,12-13H,3-6,10-11H2,1-2H3,(H,22,25)(H,23,24). The van der Waals surface area contributed by atoms with Crippen molar-refractivity contribution in [3.63, 3.8) is 0 Å². The molecule has 0 unspecified atom stereocenters. The monoisotopic (exact) mass is 358 g/mol. The molecule has 0 aromatic heterocycles. The van der Waals surface area contributed by atoms with Crippen LogP contribution in [-0.2, 0) is 15.8 Å². The first-order valence-corrected chi connectivity index (χ1v) is 8.45. The van der Waals surface area contributed by atoms with Gasteiger partial charge in [0.15, 0.2) is 0 Å². The number of halogens is 3. The predicted octanol–water partition coefficient (Wildman–Crippen LogP) is 4.37. The number of nitrogens with one attached hydrogen (secondary N) is 2. The Morgan fingerprint density at radius 1 is 1.08 bits per heavy atom. The lowest BCUT2D eigenvalue weighted by atomic mass is 10.1. The van der Waals surface area contributed by atoms with Crippen LogP contribution < -0.4 is 10.6 Å². The van der Waals surface area contributed by atoms with Crippen LogP contribution in [0.3, 0.4) is 0 Å². The molecule has 1 aromatic rings. The first kappa shape index (κ1) is 21.0. The van der Waals surface area contributed by atoms with Crippen LogP contribution in [0.1, 0.15) is 51.5 Å². The van der Waals surface area contributed by atoms with E-state index < -0.39 is 11.7 Å². The summed E-state index contributed by atoms with van der Waals surface area (Å²) in [6.07, 6.45) is -0.959. The lowest BCUT2D eigenvalue weighted by molar-refractivity contribution is -0.137. The molecule has 0 bridgehead atoms. The molecule has 0 aliphatic carbocycles. The Kier molecular flexibility index (Phi) is 8.45. The van der Waals surface area contributed by atoms with Crippen molar-refractivity contribution < 1.29 is 22.8 Å². The predicted molar refractivity (Wildman–Crippen MR) is 91.0 cm³/mol. The van der Waals surface area contributed by atoms with Crippen LogP contribution in [0.2, 0.25) is 0 Å². The highest BCUT2D eigenvalue weighted by Gasteiger charge is 2.30. The van der Waals surface area contributed by atoms with Gasteiger partial charge >= 0.3 is 6.18 Å². The van der Waals surface area contributed by atoms with Crippen LogP contribution in [0, 0.1) is 5.92 Å². The summed E-state index contributed by atoms with van der Waals surface area (Å²) in [6, 6.07) is 4.59. The van der Waals surface area contributed by atoms with E-state index in [9.17, 15) is 22.8 Å². The Bertz CT molecular complexity index is 572. The van der Waals surface area contributed by atoms with Crippen LogP contribution in [0.4, 0.5) is 18.9 Å². The summed E-state index contributed by atoms with van der Waals surface area (Å²) >= 11 is 0. The summed E-state index contributed by atoms with van der Waals surface area (Å²) in [6.45, 7) is 4.28. The molecule has 25 heavy (non-hydrogen) atoms. The van der Waals surface area contributed by atoms with Gasteiger partial charge in [0, 0.05) is 24.6 Å². The van der Waals surface area contributed by atoms with E-state index in [1.54, 1.807) is 0 Å². The third-order valence-electron chi connectivity index (χ3n) is 3.63. The fourth-order valence-electron chi connectivity index (χ4n) is 2.18. The molecule has 0 saturated carbocycles. The molecule has 0 radical (unpaired) electrons. The number of rotatable bonds is 9. The second-order valence-electron chi connectivity index (χ2n) is 6.24. The zero-order chi connectivity index (χ0) is 18.9. The van der Waals surface area contributed by atoms with Gasteiger partial charge < -0.3 is 10.6 Å². The summed E-state index contributed by atoms with van der Waals surface area (Å²) in [5.41, 5.74) is -0.634. The van der Waals surface area contributed by atoms with E-state index >= 15 is 0 Å². The second-order valence-corrected chi connectivity index (χ2v) is 6.24. The van der Waals surface area contributed by atoms with Crippen LogP contribution in [0.5, 0.6) is 0 Å². The summed E-state index contributed by atoms with van der Waals surface area (Å²) in [4.78, 5) is 23.1. The number of alkyl halides is 3. The number of anilines is 1. The normalized spacial score (nSPS) is 11.4. The summed E-state index contributed by atoms with van der Waals surface area (Å²) in [7, 11) is 0. The van der Waals surface area contributed by atoms with Crippen molar-refractivity contribution >= 4 is 17.5 Å². The molecular weight excluding hydrogens is 333 g/mol. The molecule has 0 aliphatic rings. The van der Waals surface area contributed by atoms with Crippen molar-refractivity contribution in [3.05, 3.63) is 29.8 Å². The van der Waals surface area contributed by atoms with Crippen molar-refractivity contribution in [2.75, 3.05) is 11.9 Å². The molecule has 0 atom stereocenters. The van der Waals surface area contributed by atoms with Crippen LogP contribution in [0.25, 0.3) is 0 Å². The number of hydrogen-bond donors (Lipinski definition) is 2. The third kappa shape index (κ3) is 8.56. The summed E-state index contributed by atoms with van der Waals surface area (Å²) in [5, 5.41) is 5.31. The van der Waals surface area contributed by atoms with Crippen molar-refractivity contribution in [3.8, 4) is 0 Å². The second kappa shape index (κ2) is 10.1. The Labute approximate surface area is 146 Å². The van der Waals surface area contributed by atoms with E-state index in [1.807, 2.05) is 13.8 Å². The van der Waals surface area contributed by atoms with Gasteiger partial charge in [0.2, 0.25) is 11.8 Å². The van der Waals surface area contributed by atoms with Crippen LogP contribution in [-0.4, -0.2) is 18.4 Å². The largest absolute Gasteiger partial charge is 0.416 e. The number of amides is 2. The van der Waals surface area contributed by atoms with Gasteiger partial charge in [-0.2, -0.15) is 13.2 Å². The van der Waals surface area contributed by atoms with Crippen LogP contribution >= 0.6 is 0 Å². The minimum atomic E-state index is -4.42. The molecule has 140 valence electrons. The Balaban J connectivity index is 2.20. The molecule has 2 amide bonds. The number of hydrogen-bond acceptors (Lipinski definition) is 2. The average molecular weight is 358 g/mol. The minimum absolute atomic E-state index is 0.0282. The Hall–Kier alpha value is -2.05. The fourth-order valence-corrected chi connectivity index (χ4v) is 2.18. The van der Waals surface area contributed by atoms with Gasteiger partial charge in [-0.15, -0.1) is 0 Å². The van der Waals surface area contributed by atoms with Gasteiger partial charge in [0.1, 0.15) is 0 Å². The topological polar surface area (TPSA) is 58.2 Å². The fraction of sp³-hybridized carbons (Fsp3) is 0.556. The first-order chi connectivity index (χ1) is 11.7. The van der Waals surface area contributed by atoms with Gasteiger partial charge in [-0.1, -0.05) is 32.8 Å². The maximum absolute atomic E-state index is 12.6. The SMILES string of the molecule is CC(C)C(=O)NCCCCCCC(=O)Nc1cccc(C(F)(F)F)c1. The highest BCUT2D eigenvalue weighted by Crippen LogP contribution is 2.30. The van der Waals surface area contributed by atoms with E-state index in [2.05, 4.69) is 10.6 Å². The molecule has 0 saturated heterocycles. The maximum atomic E-state index is 12.6. The smallest absolute Gasteiger partial charge is 0.356 e. The highest BCUT2D eigenvalue weighted by atomic mass is 19.4. The zero-order valence-corrected chi connectivity index (χ0v) is 14.6. The zero-order valence-electron chi connectivity index (χ0n) is 14.6. The van der Waals surface area contributed by atoms with Gasteiger partial charge in [-0.25, -0.2) is 0 Å². The van der Waals surface area contributed by atoms with E-state index in [0.29, 0.717) is 13.0 Å². The maximum Gasteiger partial charge on any atom is 0.416 e. The number of carbonyl (C=O) groups is 2. The van der Waals surface area contributed by atoms with E-state index in [0.717, 1.165) is 31.4 Å². The summed E-state index contributed by atoms with van der Waals surface area (Å²) < 4.78 is 37.8. The lowest BCUT2D eigenvalue weighted by Crippen LogP contribution is -2.28. The van der Waals surface area contributed by atoms with Crippen molar-refractivity contribution in [2.24, 2.45) is 5.92 Å². The van der Waals surface area contributed by atoms with E-state index in [4.69, 9.17) is 0 Å². The van der Waals surface area contributed by atoms with E-state index in [1.165, 1.54) is 12.1 Å². The average Bonchev–Trinajstić information content (AvgIpc) is 2.53. The minimum Gasteiger partial charge on any atom is -0.356 e. The molecule has 7 heteroatoms. The highest BCUT2D eigenvalue weighted by molar-refractivity contribution is 5.90. The molecule has 0 spiro atoms. The Morgan fingerprint density at radius 3 is 2.40 bits per heavy atom. The molecule has 1 rings (SSSR count). The number of benzene rings is 1. The van der Waals surface area contributed by atoms with Gasteiger partial charge in [0.25, 0.3) is 0 Å². The van der Waals surface area contributed by atoms with Crippen molar-refractivity contribution in [1.82, 2.24) is 5.32 Å². The molecule has 0 aliphatic heterocycles. The van der Waals surface area contributed by atoms with Gasteiger partial charge in [-0.3, -0.25) is 9.59 Å².